The van der Waals surface area contributed by atoms with E-state index in [9.17, 15) is 9.90 Å². The lowest BCUT2D eigenvalue weighted by Crippen LogP contribution is -2.58. The first-order chi connectivity index (χ1) is 19.5. The number of hydrogen-bond acceptors (Lipinski definition) is 7. The van der Waals surface area contributed by atoms with Gasteiger partial charge in [0.15, 0.2) is 11.2 Å². The molecule has 2 saturated heterocycles. The maximum Gasteiger partial charge on any atom is 0.309 e. The quantitative estimate of drug-likeness (QED) is 0.376. The second-order valence-electron chi connectivity index (χ2n) is 13.5. The molecular formula is C30H37Cl2N7O2. The summed E-state index contributed by atoms with van der Waals surface area (Å²) in [6.45, 7) is 10.2. The Balaban J connectivity index is 1.10. The number of carbonyl (C=O) groups is 1. The number of benzene rings is 1. The third-order valence-corrected chi connectivity index (χ3v) is 11.0. The summed E-state index contributed by atoms with van der Waals surface area (Å²) in [6, 6.07) is 5.78. The second-order valence-corrected chi connectivity index (χ2v) is 14.3. The number of fused-ring (bicyclic) bond motifs is 1. The molecule has 2 saturated carbocycles. The van der Waals surface area contributed by atoms with Gasteiger partial charge in [-0.2, -0.15) is 4.98 Å². The summed E-state index contributed by atoms with van der Waals surface area (Å²) in [5.41, 5.74) is 2.91. The molecule has 0 spiro atoms. The van der Waals surface area contributed by atoms with E-state index in [1.54, 1.807) is 6.07 Å². The predicted molar refractivity (Wildman–Crippen MR) is 159 cm³/mol. The zero-order valence-electron chi connectivity index (χ0n) is 23.9. The van der Waals surface area contributed by atoms with Gasteiger partial charge >= 0.3 is 5.97 Å². The Morgan fingerprint density at radius 2 is 1.85 bits per heavy atom. The molecule has 2 aliphatic carbocycles. The average molecular weight is 599 g/mol. The van der Waals surface area contributed by atoms with Crippen molar-refractivity contribution in [2.24, 2.45) is 17.3 Å². The van der Waals surface area contributed by atoms with E-state index < -0.39 is 11.4 Å². The minimum absolute atomic E-state index is 0.0132. The van der Waals surface area contributed by atoms with E-state index in [1.807, 2.05) is 23.7 Å². The highest BCUT2D eigenvalue weighted by Crippen LogP contribution is 2.49. The molecule has 4 fully saturated rings. The average Bonchev–Trinajstić information content (AvgIpc) is 3.50. The van der Waals surface area contributed by atoms with Gasteiger partial charge in [-0.25, -0.2) is 9.67 Å². The maximum absolute atomic E-state index is 11.6. The highest BCUT2D eigenvalue weighted by atomic mass is 35.5. The van der Waals surface area contributed by atoms with Gasteiger partial charge in [-0.1, -0.05) is 41.4 Å². The van der Waals surface area contributed by atoms with Crippen molar-refractivity contribution >= 4 is 46.3 Å². The van der Waals surface area contributed by atoms with Crippen LogP contribution in [0.15, 0.2) is 18.2 Å². The Bertz CT molecular complexity index is 1510. The molecule has 11 heteroatoms. The zero-order valence-corrected chi connectivity index (χ0v) is 25.4. The van der Waals surface area contributed by atoms with Crippen LogP contribution in [0.1, 0.15) is 76.6 Å². The van der Waals surface area contributed by atoms with Crippen LogP contribution in [0.3, 0.4) is 0 Å². The predicted octanol–water partition coefficient (Wildman–Crippen LogP) is 5.59. The number of anilines is 1. The molecule has 41 heavy (non-hydrogen) atoms. The number of likely N-dealkylation sites (tertiary alicyclic amines) is 1. The van der Waals surface area contributed by atoms with E-state index in [0.29, 0.717) is 27.9 Å². The molecule has 0 amide bonds. The number of nitrogens with zero attached hydrogens (tertiary/aromatic N) is 7. The first-order valence-electron chi connectivity index (χ1n) is 14.9. The number of rotatable bonds is 7. The summed E-state index contributed by atoms with van der Waals surface area (Å²) in [5, 5.41) is 19.8. The minimum atomic E-state index is -0.657. The van der Waals surface area contributed by atoms with E-state index in [2.05, 4.69) is 34.0 Å². The lowest BCUT2D eigenvalue weighted by molar-refractivity contribution is -0.158. The zero-order chi connectivity index (χ0) is 28.7. The van der Waals surface area contributed by atoms with Crippen LogP contribution in [0.4, 0.5) is 5.95 Å². The molecule has 218 valence electrons. The third kappa shape index (κ3) is 4.68. The Hall–Kier alpha value is -2.49. The van der Waals surface area contributed by atoms with Gasteiger partial charge in [0.2, 0.25) is 5.95 Å². The maximum atomic E-state index is 11.6. The van der Waals surface area contributed by atoms with Crippen LogP contribution < -0.4 is 4.90 Å². The Kier molecular flexibility index (Phi) is 6.52. The van der Waals surface area contributed by atoms with Gasteiger partial charge in [0, 0.05) is 41.1 Å². The van der Waals surface area contributed by atoms with Gasteiger partial charge in [-0.15, -0.1) is 5.10 Å². The lowest BCUT2D eigenvalue weighted by Gasteiger charge is -2.52. The molecule has 7 rings (SSSR count). The fourth-order valence-corrected chi connectivity index (χ4v) is 7.75. The van der Waals surface area contributed by atoms with Crippen LogP contribution in [0.2, 0.25) is 10.0 Å². The van der Waals surface area contributed by atoms with Crippen molar-refractivity contribution in [3.05, 3.63) is 39.5 Å². The lowest BCUT2D eigenvalue weighted by atomic mass is 9.65. The SMILES string of the molecule is C[C@H](c1ccc(Cl)cc1Cl)n1nnc2c(C3(C)CC3)nc(N3CC([C@H]4CCCN(C5CC(C)(C(=O)O)C5)C4)C3)nc21. The highest BCUT2D eigenvalue weighted by molar-refractivity contribution is 6.35. The topological polar surface area (TPSA) is 100 Å². The molecule has 2 aromatic heterocycles. The van der Waals surface area contributed by atoms with Crippen molar-refractivity contribution in [1.82, 2.24) is 29.9 Å². The van der Waals surface area contributed by atoms with Crippen molar-refractivity contribution in [1.29, 1.82) is 0 Å². The Morgan fingerprint density at radius 3 is 2.54 bits per heavy atom. The Labute approximate surface area is 250 Å². The van der Waals surface area contributed by atoms with Gasteiger partial charge in [-0.05, 0) is 88.4 Å². The van der Waals surface area contributed by atoms with Gasteiger partial charge in [0.25, 0.3) is 0 Å². The van der Waals surface area contributed by atoms with Crippen molar-refractivity contribution in [3.63, 3.8) is 0 Å². The summed E-state index contributed by atoms with van der Waals surface area (Å²) in [4.78, 5) is 26.6. The summed E-state index contributed by atoms with van der Waals surface area (Å²) in [6.07, 6.45) is 6.13. The summed E-state index contributed by atoms with van der Waals surface area (Å²) in [5.74, 6) is 1.33. The molecule has 3 aromatic rings. The molecule has 2 aliphatic heterocycles. The minimum Gasteiger partial charge on any atom is -0.481 e. The van der Waals surface area contributed by atoms with Gasteiger partial charge in [-0.3, -0.25) is 4.79 Å². The molecular weight excluding hydrogens is 561 g/mol. The van der Waals surface area contributed by atoms with Crippen LogP contribution in [0.5, 0.6) is 0 Å². The number of halogens is 2. The smallest absolute Gasteiger partial charge is 0.309 e. The van der Waals surface area contributed by atoms with Crippen LogP contribution in [0, 0.1) is 17.3 Å². The van der Waals surface area contributed by atoms with Gasteiger partial charge < -0.3 is 14.9 Å². The van der Waals surface area contributed by atoms with Gasteiger partial charge in [0.1, 0.15) is 0 Å². The van der Waals surface area contributed by atoms with Crippen LogP contribution in [0.25, 0.3) is 11.2 Å². The van der Waals surface area contributed by atoms with Crippen molar-refractivity contribution in [2.75, 3.05) is 31.1 Å². The first-order valence-corrected chi connectivity index (χ1v) is 15.6. The van der Waals surface area contributed by atoms with Crippen molar-refractivity contribution in [3.8, 4) is 0 Å². The fraction of sp³-hybridized carbons (Fsp3) is 0.633. The van der Waals surface area contributed by atoms with Crippen molar-refractivity contribution < 1.29 is 9.90 Å². The first kappa shape index (κ1) is 27.3. The van der Waals surface area contributed by atoms with E-state index in [-0.39, 0.29) is 11.5 Å². The van der Waals surface area contributed by atoms with Crippen molar-refractivity contribution in [2.45, 2.75) is 76.8 Å². The van der Waals surface area contributed by atoms with Gasteiger partial charge in [0.05, 0.1) is 17.2 Å². The highest BCUT2D eigenvalue weighted by Gasteiger charge is 2.50. The Morgan fingerprint density at radius 1 is 1.10 bits per heavy atom. The summed E-state index contributed by atoms with van der Waals surface area (Å²) < 4.78 is 1.87. The summed E-state index contributed by atoms with van der Waals surface area (Å²) >= 11 is 12.7. The summed E-state index contributed by atoms with van der Waals surface area (Å²) in [7, 11) is 0. The number of aromatic nitrogens is 5. The molecule has 9 nitrogen and oxygen atoms in total. The van der Waals surface area contributed by atoms with E-state index >= 15 is 0 Å². The molecule has 0 bridgehead atoms. The number of carboxylic acid groups (broad SMARTS) is 1. The fourth-order valence-electron chi connectivity index (χ4n) is 7.18. The largest absolute Gasteiger partial charge is 0.481 e. The number of hydrogen-bond donors (Lipinski definition) is 1. The molecule has 4 heterocycles. The van der Waals surface area contributed by atoms with Crippen LogP contribution in [-0.4, -0.2) is 73.2 Å². The standard InChI is InChI=1S/C30H37Cl2N7O2/c1-17(22-7-6-20(31)11-23(22)32)39-26-24(35-36-39)25(29(2)8-9-29)33-28(34-26)38-15-19(16-38)18-5-4-10-37(14-18)21-12-30(3,13-21)27(40)41/h6-7,11,17-19,21H,4-5,8-10,12-16H2,1-3H3,(H,40,41)/t17-,18+,21?,30?/m1/s1. The number of aliphatic carboxylic acids is 1. The molecule has 1 aromatic carbocycles. The number of carboxylic acids is 1. The van der Waals surface area contributed by atoms with E-state index in [1.165, 1.54) is 12.8 Å². The molecule has 4 aliphatic rings. The number of piperidine rings is 1. The molecule has 1 N–H and O–H groups in total. The normalized spacial score (nSPS) is 28.8. The van der Waals surface area contributed by atoms with Crippen LogP contribution >= 0.6 is 23.2 Å². The third-order valence-electron chi connectivity index (χ3n) is 10.4. The van der Waals surface area contributed by atoms with E-state index in [0.717, 1.165) is 80.2 Å². The van der Waals surface area contributed by atoms with E-state index in [4.69, 9.17) is 33.2 Å². The molecule has 2 atom stereocenters. The molecule has 0 unspecified atom stereocenters. The van der Waals surface area contributed by atoms with Crippen LogP contribution in [-0.2, 0) is 10.2 Å². The monoisotopic (exact) mass is 597 g/mol. The molecule has 0 radical (unpaired) electrons. The second kappa shape index (κ2) is 9.78.